The van der Waals surface area contributed by atoms with Crippen LogP contribution in [0.4, 0.5) is 16.4 Å². The van der Waals surface area contributed by atoms with E-state index in [-0.39, 0.29) is 17.9 Å². The zero-order valence-corrected chi connectivity index (χ0v) is 21.6. The summed E-state index contributed by atoms with van der Waals surface area (Å²) in [6.45, 7) is 3.88. The smallest absolute Gasteiger partial charge is 0.325 e. The van der Waals surface area contributed by atoms with Crippen LogP contribution in [0.2, 0.25) is 0 Å². The Labute approximate surface area is 212 Å². The summed E-state index contributed by atoms with van der Waals surface area (Å²) in [6.07, 6.45) is 8.37. The van der Waals surface area contributed by atoms with E-state index >= 15 is 0 Å². The van der Waals surface area contributed by atoms with Gasteiger partial charge >= 0.3 is 6.03 Å². The zero-order chi connectivity index (χ0) is 26.0. The topological polar surface area (TPSA) is 126 Å². The van der Waals surface area contributed by atoms with Crippen molar-refractivity contribution in [3.8, 4) is 0 Å². The number of hydrogen-bond donors (Lipinski definition) is 2. The van der Waals surface area contributed by atoms with Gasteiger partial charge in [0.05, 0.1) is 12.1 Å². The predicted octanol–water partition coefficient (Wildman–Crippen LogP) is 2.81. The number of aromatic nitrogens is 3. The summed E-state index contributed by atoms with van der Waals surface area (Å²) in [7, 11) is 3.38. The third-order valence-electron chi connectivity index (χ3n) is 7.61. The first kappa shape index (κ1) is 25.7. The van der Waals surface area contributed by atoms with Gasteiger partial charge in [-0.3, -0.25) is 24.1 Å². The van der Waals surface area contributed by atoms with Crippen LogP contribution in [0.15, 0.2) is 24.4 Å². The first-order valence-corrected chi connectivity index (χ1v) is 12.8. The molecule has 4 rings (SSSR count). The molecule has 2 aliphatic rings. The van der Waals surface area contributed by atoms with Gasteiger partial charge in [-0.1, -0.05) is 26.2 Å². The van der Waals surface area contributed by atoms with Crippen LogP contribution in [0.3, 0.4) is 0 Å². The molecule has 1 unspecified atom stereocenters. The van der Waals surface area contributed by atoms with E-state index in [1.54, 1.807) is 37.1 Å². The molecule has 10 nitrogen and oxygen atoms in total. The summed E-state index contributed by atoms with van der Waals surface area (Å²) in [4.78, 5) is 47.2. The third kappa shape index (κ3) is 5.08. The quantitative estimate of drug-likeness (QED) is 0.569. The van der Waals surface area contributed by atoms with E-state index in [1.807, 2.05) is 13.0 Å². The number of amides is 4. The predicted molar refractivity (Wildman–Crippen MR) is 137 cm³/mol. The van der Waals surface area contributed by atoms with Gasteiger partial charge in [0.1, 0.15) is 17.7 Å². The molecule has 0 aromatic carbocycles. The summed E-state index contributed by atoms with van der Waals surface area (Å²) < 4.78 is 1.58. The molecule has 1 saturated heterocycles. The van der Waals surface area contributed by atoms with Crippen molar-refractivity contribution in [2.75, 3.05) is 17.7 Å². The number of rotatable bonds is 7. The fourth-order valence-electron chi connectivity index (χ4n) is 5.72. The molecule has 36 heavy (non-hydrogen) atoms. The largest absolute Gasteiger partial charge is 0.384 e. The highest BCUT2D eigenvalue weighted by atomic mass is 16.2. The van der Waals surface area contributed by atoms with E-state index in [2.05, 4.69) is 22.3 Å². The van der Waals surface area contributed by atoms with Gasteiger partial charge in [0, 0.05) is 31.9 Å². The fraction of sp³-hybridized carbons (Fsp3) is 0.577. The fourth-order valence-corrected chi connectivity index (χ4v) is 5.72. The molecule has 1 aliphatic heterocycles. The van der Waals surface area contributed by atoms with E-state index in [1.165, 1.54) is 11.3 Å². The maximum Gasteiger partial charge on any atom is 0.325 e. The number of imide groups is 1. The highest BCUT2D eigenvalue weighted by Crippen LogP contribution is 2.34. The van der Waals surface area contributed by atoms with Crippen molar-refractivity contribution in [2.45, 2.75) is 70.9 Å². The Kier molecular flexibility index (Phi) is 7.61. The zero-order valence-electron chi connectivity index (χ0n) is 21.6. The Balaban J connectivity index is 1.58. The summed E-state index contributed by atoms with van der Waals surface area (Å²) in [5.41, 5.74) is 7.46. The molecule has 10 heteroatoms. The molecule has 3 N–H and O–H groups in total. The standard InChI is InChI=1S/C26H37N7O3/c1-5-20(18-9-7-6-8-10-18)30-26(36)33-23(25(35)31(3)22-11-12-28-32(22)4)19(24(33)34)14-17-13-16(2)29-21(27)15-17/h11-13,15,18-20,23H,5-10,14H2,1-4H3,(H2,27,29)(H,30,36)/t19?,20-,23+/m1/s1. The second-order valence-corrected chi connectivity index (χ2v) is 10.1. The minimum absolute atomic E-state index is 0.0159. The van der Waals surface area contributed by atoms with Crippen molar-refractivity contribution >= 4 is 29.5 Å². The number of nitrogens with zero attached hydrogens (tertiary/aromatic N) is 5. The molecule has 0 bridgehead atoms. The number of likely N-dealkylation sites (N-methyl/N-ethyl adjacent to an activating group) is 1. The second-order valence-electron chi connectivity index (χ2n) is 10.1. The summed E-state index contributed by atoms with van der Waals surface area (Å²) in [6, 6.07) is 3.87. The van der Waals surface area contributed by atoms with Gasteiger partial charge in [0.25, 0.3) is 5.91 Å². The van der Waals surface area contributed by atoms with Gasteiger partial charge in [0.15, 0.2) is 0 Å². The maximum absolute atomic E-state index is 13.7. The van der Waals surface area contributed by atoms with E-state index < -0.39 is 18.0 Å². The summed E-state index contributed by atoms with van der Waals surface area (Å²) in [5.74, 6) is -0.0157. The average Bonchev–Trinajstić information content (AvgIpc) is 3.28. The number of likely N-dealkylation sites (tertiary alicyclic amines) is 1. The summed E-state index contributed by atoms with van der Waals surface area (Å²) >= 11 is 0. The Bertz CT molecular complexity index is 1100. The molecule has 4 amide bonds. The molecule has 3 heterocycles. The number of nitrogens with two attached hydrogens (primary N) is 1. The molecule has 3 atom stereocenters. The molecule has 194 valence electrons. The Morgan fingerprint density at radius 2 is 1.97 bits per heavy atom. The number of urea groups is 1. The van der Waals surface area contributed by atoms with Gasteiger partial charge < -0.3 is 11.1 Å². The molecule has 1 saturated carbocycles. The van der Waals surface area contributed by atoms with E-state index in [4.69, 9.17) is 5.73 Å². The first-order valence-electron chi connectivity index (χ1n) is 12.8. The average molecular weight is 496 g/mol. The van der Waals surface area contributed by atoms with Gasteiger partial charge in [-0.2, -0.15) is 5.10 Å². The SMILES string of the molecule is CC[C@@H](NC(=O)N1C(=O)C(Cc2cc(C)nc(N)c2)[C@H]1C(=O)N(C)c1ccnn1C)C1CCCCC1. The van der Waals surface area contributed by atoms with Crippen LogP contribution in [0.25, 0.3) is 0 Å². The number of carbonyl (C=O) groups is 3. The number of nitrogen functional groups attached to an aromatic ring is 1. The minimum Gasteiger partial charge on any atom is -0.384 e. The highest BCUT2D eigenvalue weighted by molar-refractivity contribution is 6.12. The van der Waals surface area contributed by atoms with E-state index in [9.17, 15) is 14.4 Å². The number of anilines is 2. The monoisotopic (exact) mass is 495 g/mol. The van der Waals surface area contributed by atoms with Crippen LogP contribution in [-0.4, -0.2) is 56.6 Å². The van der Waals surface area contributed by atoms with Crippen molar-refractivity contribution in [3.05, 3.63) is 35.7 Å². The van der Waals surface area contributed by atoms with Crippen molar-refractivity contribution in [3.63, 3.8) is 0 Å². The van der Waals surface area contributed by atoms with Crippen LogP contribution in [0.1, 0.15) is 56.7 Å². The lowest BCUT2D eigenvalue weighted by Gasteiger charge is -2.46. The van der Waals surface area contributed by atoms with Gasteiger partial charge in [-0.05, 0) is 56.2 Å². The van der Waals surface area contributed by atoms with Crippen molar-refractivity contribution in [1.82, 2.24) is 25.0 Å². The van der Waals surface area contributed by atoms with Crippen molar-refractivity contribution < 1.29 is 14.4 Å². The number of hydrogen-bond acceptors (Lipinski definition) is 6. The summed E-state index contributed by atoms with van der Waals surface area (Å²) in [5, 5.41) is 7.23. The Morgan fingerprint density at radius 1 is 1.25 bits per heavy atom. The molecular formula is C26H37N7O3. The lowest BCUT2D eigenvalue weighted by atomic mass is 9.81. The van der Waals surface area contributed by atoms with Gasteiger partial charge in [0.2, 0.25) is 5.91 Å². The molecule has 2 fully saturated rings. The molecule has 0 spiro atoms. The van der Waals surface area contributed by atoms with Crippen LogP contribution >= 0.6 is 0 Å². The second kappa shape index (κ2) is 10.7. The van der Waals surface area contributed by atoms with Crippen LogP contribution in [0, 0.1) is 18.8 Å². The van der Waals surface area contributed by atoms with Crippen molar-refractivity contribution in [2.24, 2.45) is 18.9 Å². The maximum atomic E-state index is 13.7. The van der Waals surface area contributed by atoms with Crippen LogP contribution < -0.4 is 16.0 Å². The van der Waals surface area contributed by atoms with E-state index in [0.29, 0.717) is 24.0 Å². The molecule has 2 aromatic rings. The van der Waals surface area contributed by atoms with Gasteiger partial charge in [-0.25, -0.2) is 9.78 Å². The van der Waals surface area contributed by atoms with Crippen LogP contribution in [-0.2, 0) is 23.1 Å². The number of pyridine rings is 1. The van der Waals surface area contributed by atoms with Gasteiger partial charge in [-0.15, -0.1) is 0 Å². The third-order valence-corrected chi connectivity index (χ3v) is 7.61. The Morgan fingerprint density at radius 3 is 2.58 bits per heavy atom. The minimum atomic E-state index is -0.920. The lowest BCUT2D eigenvalue weighted by Crippen LogP contribution is -2.71. The number of nitrogens with one attached hydrogen (secondary N) is 1. The number of carbonyl (C=O) groups excluding carboxylic acids is 3. The Hall–Kier alpha value is -3.43. The highest BCUT2D eigenvalue weighted by Gasteiger charge is 2.55. The van der Waals surface area contributed by atoms with Crippen LogP contribution in [0.5, 0.6) is 0 Å². The first-order chi connectivity index (χ1) is 17.2. The molecule has 1 aliphatic carbocycles. The molecular weight excluding hydrogens is 458 g/mol. The number of aryl methyl sites for hydroxylation is 2. The van der Waals surface area contributed by atoms with E-state index in [0.717, 1.165) is 48.3 Å². The number of β-lactam (4-membered cyclic amide) rings is 1. The molecule has 0 radical (unpaired) electrons. The normalized spacial score (nSPS) is 21.1. The lowest BCUT2D eigenvalue weighted by molar-refractivity contribution is -0.156. The van der Waals surface area contributed by atoms with Crippen molar-refractivity contribution in [1.29, 1.82) is 0 Å². The molecule has 2 aromatic heterocycles.